The number of amides is 1. The molecule has 2 atom stereocenters. The predicted molar refractivity (Wildman–Crippen MR) is 68.1 cm³/mol. The highest BCUT2D eigenvalue weighted by molar-refractivity contribution is 5.86. The number of aliphatic carboxylic acids is 1. The van der Waals surface area contributed by atoms with Crippen LogP contribution in [0.3, 0.4) is 0 Å². The Morgan fingerprint density at radius 3 is 2.44 bits per heavy atom. The lowest BCUT2D eigenvalue weighted by atomic mass is 10.0. The van der Waals surface area contributed by atoms with E-state index in [1.54, 1.807) is 7.11 Å². The fraction of sp³-hybridized carbons (Fsp3) is 0.833. The molecule has 0 bridgehead atoms. The van der Waals surface area contributed by atoms with Crippen LogP contribution in [-0.4, -0.2) is 42.8 Å². The summed E-state index contributed by atoms with van der Waals surface area (Å²) in [7, 11) is 1.58. The maximum atomic E-state index is 11.7. The van der Waals surface area contributed by atoms with E-state index in [4.69, 9.17) is 15.6 Å². The van der Waals surface area contributed by atoms with Crippen molar-refractivity contribution in [2.45, 2.75) is 45.2 Å². The molecule has 6 nitrogen and oxygen atoms in total. The Morgan fingerprint density at radius 1 is 1.39 bits per heavy atom. The van der Waals surface area contributed by atoms with Gasteiger partial charge in [0.2, 0.25) is 5.91 Å². The van der Waals surface area contributed by atoms with Crippen LogP contribution < -0.4 is 11.1 Å². The van der Waals surface area contributed by atoms with E-state index in [2.05, 4.69) is 5.32 Å². The van der Waals surface area contributed by atoms with Crippen molar-refractivity contribution in [2.24, 2.45) is 11.7 Å². The summed E-state index contributed by atoms with van der Waals surface area (Å²) in [5, 5.41) is 11.5. The van der Waals surface area contributed by atoms with E-state index in [0.717, 1.165) is 0 Å². The molecule has 0 aromatic rings. The molecule has 106 valence electrons. The quantitative estimate of drug-likeness (QED) is 0.519. The highest BCUT2D eigenvalue weighted by Crippen LogP contribution is 2.05. The number of hydrogen-bond acceptors (Lipinski definition) is 4. The first-order valence-electron chi connectivity index (χ1n) is 6.16. The van der Waals surface area contributed by atoms with Crippen molar-refractivity contribution in [2.75, 3.05) is 13.7 Å². The first kappa shape index (κ1) is 16.9. The molecule has 4 N–H and O–H groups in total. The minimum atomic E-state index is -1.03. The fourth-order valence-corrected chi connectivity index (χ4v) is 1.55. The van der Waals surface area contributed by atoms with Gasteiger partial charge in [0.15, 0.2) is 0 Å². The van der Waals surface area contributed by atoms with Crippen LogP contribution >= 0.6 is 0 Å². The molecule has 0 aliphatic carbocycles. The monoisotopic (exact) mass is 260 g/mol. The molecule has 0 aromatic heterocycles. The molecule has 0 aromatic carbocycles. The smallest absolute Gasteiger partial charge is 0.326 e. The number of nitrogens with two attached hydrogens (primary N) is 1. The Labute approximate surface area is 108 Å². The molecule has 0 aliphatic heterocycles. The van der Waals surface area contributed by atoms with Gasteiger partial charge in [-0.3, -0.25) is 4.79 Å². The van der Waals surface area contributed by atoms with Crippen molar-refractivity contribution in [3.05, 3.63) is 0 Å². The van der Waals surface area contributed by atoms with Gasteiger partial charge >= 0.3 is 5.97 Å². The SMILES string of the molecule is COCCCC(N)C(=O)NC(CC(C)C)C(=O)O. The molecule has 1 amide bonds. The van der Waals surface area contributed by atoms with E-state index >= 15 is 0 Å². The standard InChI is InChI=1S/C12H24N2O4/c1-8(2)7-10(12(16)17)14-11(15)9(13)5-4-6-18-3/h8-10H,4-7,13H2,1-3H3,(H,14,15)(H,16,17). The summed E-state index contributed by atoms with van der Waals surface area (Å²) in [5.41, 5.74) is 5.68. The zero-order chi connectivity index (χ0) is 14.1. The number of carbonyl (C=O) groups excluding carboxylic acids is 1. The number of rotatable bonds is 9. The van der Waals surface area contributed by atoms with Gasteiger partial charge in [-0.2, -0.15) is 0 Å². The van der Waals surface area contributed by atoms with E-state index in [-0.39, 0.29) is 5.92 Å². The number of carboxylic acids is 1. The van der Waals surface area contributed by atoms with Gasteiger partial charge in [0.25, 0.3) is 0 Å². The largest absolute Gasteiger partial charge is 0.480 e. The minimum Gasteiger partial charge on any atom is -0.480 e. The molecule has 0 heterocycles. The van der Waals surface area contributed by atoms with E-state index in [1.165, 1.54) is 0 Å². The van der Waals surface area contributed by atoms with Gasteiger partial charge in [-0.1, -0.05) is 13.8 Å². The number of methoxy groups -OCH3 is 1. The molecule has 18 heavy (non-hydrogen) atoms. The lowest BCUT2D eigenvalue weighted by molar-refractivity contribution is -0.142. The van der Waals surface area contributed by atoms with Crippen LogP contribution in [0.4, 0.5) is 0 Å². The zero-order valence-corrected chi connectivity index (χ0v) is 11.3. The van der Waals surface area contributed by atoms with E-state index in [1.807, 2.05) is 13.8 Å². The van der Waals surface area contributed by atoms with Crippen LogP contribution in [0.2, 0.25) is 0 Å². The van der Waals surface area contributed by atoms with Crippen molar-refractivity contribution < 1.29 is 19.4 Å². The van der Waals surface area contributed by atoms with Crippen molar-refractivity contribution in [3.63, 3.8) is 0 Å². The van der Waals surface area contributed by atoms with Crippen molar-refractivity contribution in [1.82, 2.24) is 5.32 Å². The Bertz CT molecular complexity index is 269. The third-order valence-electron chi connectivity index (χ3n) is 2.52. The predicted octanol–water partition coefficient (Wildman–Crippen LogP) is 0.356. The Balaban J connectivity index is 4.19. The topological polar surface area (TPSA) is 102 Å². The molecule has 0 saturated heterocycles. The lowest BCUT2D eigenvalue weighted by Crippen LogP contribution is -2.48. The van der Waals surface area contributed by atoms with Gasteiger partial charge in [-0.25, -0.2) is 4.79 Å². The Kier molecular flexibility index (Phi) is 8.32. The zero-order valence-electron chi connectivity index (χ0n) is 11.3. The second-order valence-electron chi connectivity index (χ2n) is 4.77. The number of nitrogens with one attached hydrogen (secondary N) is 1. The van der Waals surface area contributed by atoms with Gasteiger partial charge in [-0.15, -0.1) is 0 Å². The highest BCUT2D eigenvalue weighted by Gasteiger charge is 2.23. The average Bonchev–Trinajstić information content (AvgIpc) is 2.27. The summed E-state index contributed by atoms with van der Waals surface area (Å²) in [6.07, 6.45) is 1.55. The third-order valence-corrected chi connectivity index (χ3v) is 2.52. The maximum Gasteiger partial charge on any atom is 0.326 e. The second kappa shape index (κ2) is 8.88. The summed E-state index contributed by atoms with van der Waals surface area (Å²) in [6, 6.07) is -1.56. The van der Waals surface area contributed by atoms with Crippen LogP contribution in [0.15, 0.2) is 0 Å². The third kappa shape index (κ3) is 7.24. The summed E-state index contributed by atoms with van der Waals surface area (Å²) < 4.78 is 4.86. The molecular formula is C12H24N2O4. The molecular weight excluding hydrogens is 236 g/mol. The summed E-state index contributed by atoms with van der Waals surface area (Å²) in [4.78, 5) is 22.7. The first-order chi connectivity index (χ1) is 8.38. The van der Waals surface area contributed by atoms with E-state index in [0.29, 0.717) is 25.9 Å². The van der Waals surface area contributed by atoms with Crippen LogP contribution in [0, 0.1) is 5.92 Å². The second-order valence-corrected chi connectivity index (χ2v) is 4.77. The summed E-state index contributed by atoms with van der Waals surface area (Å²) in [6.45, 7) is 4.34. The number of hydrogen-bond donors (Lipinski definition) is 3. The van der Waals surface area contributed by atoms with Crippen LogP contribution in [0.1, 0.15) is 33.1 Å². The van der Waals surface area contributed by atoms with Gasteiger partial charge in [0.1, 0.15) is 6.04 Å². The summed E-state index contributed by atoms with van der Waals surface area (Å²) in [5.74, 6) is -1.25. The molecule has 0 rings (SSSR count). The average molecular weight is 260 g/mol. The minimum absolute atomic E-state index is 0.191. The van der Waals surface area contributed by atoms with Gasteiger partial charge in [0.05, 0.1) is 6.04 Å². The highest BCUT2D eigenvalue weighted by atomic mass is 16.5. The van der Waals surface area contributed by atoms with Gasteiger partial charge in [0, 0.05) is 13.7 Å². The molecule has 0 spiro atoms. The van der Waals surface area contributed by atoms with Gasteiger partial charge < -0.3 is 20.9 Å². The number of ether oxygens (including phenoxy) is 1. The molecule has 0 aliphatic rings. The van der Waals surface area contributed by atoms with Crippen LogP contribution in [-0.2, 0) is 14.3 Å². The molecule has 2 unspecified atom stereocenters. The van der Waals surface area contributed by atoms with Crippen LogP contribution in [0.25, 0.3) is 0 Å². The summed E-state index contributed by atoms with van der Waals surface area (Å²) >= 11 is 0. The molecule has 6 heteroatoms. The fourth-order valence-electron chi connectivity index (χ4n) is 1.55. The van der Waals surface area contributed by atoms with Crippen molar-refractivity contribution in [1.29, 1.82) is 0 Å². The number of carbonyl (C=O) groups is 2. The van der Waals surface area contributed by atoms with Crippen LogP contribution in [0.5, 0.6) is 0 Å². The van der Waals surface area contributed by atoms with Crippen molar-refractivity contribution in [3.8, 4) is 0 Å². The van der Waals surface area contributed by atoms with E-state index in [9.17, 15) is 9.59 Å². The normalized spacial score (nSPS) is 14.3. The molecule has 0 fully saturated rings. The molecule has 0 radical (unpaired) electrons. The first-order valence-corrected chi connectivity index (χ1v) is 6.16. The molecule has 0 saturated carbocycles. The lowest BCUT2D eigenvalue weighted by Gasteiger charge is -2.19. The Morgan fingerprint density at radius 2 is 2.00 bits per heavy atom. The maximum absolute atomic E-state index is 11.7. The Hall–Kier alpha value is -1.14. The van der Waals surface area contributed by atoms with Gasteiger partial charge in [-0.05, 0) is 25.2 Å². The number of carboxylic acid groups (broad SMARTS) is 1. The van der Waals surface area contributed by atoms with Crippen molar-refractivity contribution >= 4 is 11.9 Å². The van der Waals surface area contributed by atoms with E-state index < -0.39 is 24.0 Å².